The Labute approximate surface area is 200 Å². The van der Waals surface area contributed by atoms with Crippen LogP contribution >= 0.6 is 11.6 Å². The van der Waals surface area contributed by atoms with Crippen LogP contribution in [-0.2, 0) is 9.59 Å². The van der Waals surface area contributed by atoms with Crippen molar-refractivity contribution in [1.82, 2.24) is 0 Å². The van der Waals surface area contributed by atoms with Crippen LogP contribution in [0.4, 0.5) is 10.1 Å². The first-order chi connectivity index (χ1) is 16.4. The number of methoxy groups -OCH3 is 1. The molecule has 0 spiro atoms. The predicted octanol–water partition coefficient (Wildman–Crippen LogP) is 5.51. The SMILES string of the molecule is CCOc1ccc(Cl)c(/C(O)=C2\C(=O)C(=O)N(c3cccc(F)c3)C2c2ccccc2OC)c1. The van der Waals surface area contributed by atoms with Crippen LogP contribution in [0.1, 0.15) is 24.1 Å². The highest BCUT2D eigenvalue weighted by Crippen LogP contribution is 2.45. The Hall–Kier alpha value is -3.84. The molecule has 1 aliphatic heterocycles. The number of amides is 1. The second-order valence-electron chi connectivity index (χ2n) is 7.47. The highest BCUT2D eigenvalue weighted by Gasteiger charge is 2.48. The lowest BCUT2D eigenvalue weighted by atomic mass is 9.94. The zero-order chi connectivity index (χ0) is 24.4. The zero-order valence-corrected chi connectivity index (χ0v) is 19.2. The molecule has 6 nitrogen and oxygen atoms in total. The van der Waals surface area contributed by atoms with E-state index in [1.54, 1.807) is 37.3 Å². The second kappa shape index (κ2) is 9.57. The molecule has 174 valence electrons. The van der Waals surface area contributed by atoms with Crippen molar-refractivity contribution in [2.24, 2.45) is 0 Å². The maximum Gasteiger partial charge on any atom is 0.300 e. The number of ketones is 1. The summed E-state index contributed by atoms with van der Waals surface area (Å²) in [6.45, 7) is 2.19. The van der Waals surface area contributed by atoms with E-state index >= 15 is 0 Å². The van der Waals surface area contributed by atoms with Crippen LogP contribution in [0.15, 0.2) is 72.3 Å². The minimum atomic E-state index is -1.09. The Morgan fingerprint density at radius 1 is 1.09 bits per heavy atom. The topological polar surface area (TPSA) is 76.1 Å². The van der Waals surface area contributed by atoms with Crippen LogP contribution < -0.4 is 14.4 Å². The third-order valence-electron chi connectivity index (χ3n) is 5.47. The third kappa shape index (κ3) is 4.10. The number of carbonyl (C=O) groups is 2. The van der Waals surface area contributed by atoms with Crippen molar-refractivity contribution in [1.29, 1.82) is 0 Å². The first-order valence-electron chi connectivity index (χ1n) is 10.5. The van der Waals surface area contributed by atoms with Crippen LogP contribution in [-0.4, -0.2) is 30.5 Å². The number of Topliss-reactive ketones (excluding diaryl/α,β-unsaturated/α-hetero) is 1. The number of aliphatic hydroxyl groups is 1. The largest absolute Gasteiger partial charge is 0.507 e. The summed E-state index contributed by atoms with van der Waals surface area (Å²) in [6, 6.07) is 15.7. The van der Waals surface area contributed by atoms with E-state index in [0.717, 1.165) is 11.0 Å². The lowest BCUT2D eigenvalue weighted by Gasteiger charge is -2.26. The number of halogens is 2. The molecule has 0 aromatic heterocycles. The van der Waals surface area contributed by atoms with E-state index in [1.807, 2.05) is 0 Å². The van der Waals surface area contributed by atoms with Crippen LogP contribution in [0.25, 0.3) is 5.76 Å². The monoisotopic (exact) mass is 481 g/mol. The lowest BCUT2D eigenvalue weighted by molar-refractivity contribution is -0.132. The molecule has 1 N–H and O–H groups in total. The molecule has 34 heavy (non-hydrogen) atoms. The summed E-state index contributed by atoms with van der Waals surface area (Å²) >= 11 is 6.35. The predicted molar refractivity (Wildman–Crippen MR) is 127 cm³/mol. The maximum absolute atomic E-state index is 14.1. The maximum atomic E-state index is 14.1. The Balaban J connectivity index is 2.00. The van der Waals surface area contributed by atoms with Crippen molar-refractivity contribution in [3.05, 3.63) is 94.3 Å². The average molecular weight is 482 g/mol. The fourth-order valence-corrected chi connectivity index (χ4v) is 4.21. The van der Waals surface area contributed by atoms with E-state index in [9.17, 15) is 19.1 Å². The van der Waals surface area contributed by atoms with E-state index in [4.69, 9.17) is 21.1 Å². The molecule has 1 heterocycles. The van der Waals surface area contributed by atoms with Crippen LogP contribution in [0.3, 0.4) is 0 Å². The zero-order valence-electron chi connectivity index (χ0n) is 18.4. The molecule has 0 saturated carbocycles. The van der Waals surface area contributed by atoms with Crippen molar-refractivity contribution in [3.8, 4) is 11.5 Å². The van der Waals surface area contributed by atoms with Crippen molar-refractivity contribution >= 4 is 34.7 Å². The first kappa shape index (κ1) is 23.3. The Morgan fingerprint density at radius 3 is 2.56 bits per heavy atom. The molecule has 4 rings (SSSR count). The normalized spacial score (nSPS) is 17.2. The van der Waals surface area contributed by atoms with E-state index in [1.165, 1.54) is 37.4 Å². The number of para-hydroxylation sites is 1. The number of aliphatic hydroxyl groups excluding tert-OH is 1. The molecule has 3 aromatic carbocycles. The van der Waals surface area contributed by atoms with Crippen molar-refractivity contribution in [2.45, 2.75) is 13.0 Å². The molecule has 1 fully saturated rings. The molecule has 0 aliphatic carbocycles. The summed E-state index contributed by atoms with van der Waals surface area (Å²) in [5.41, 5.74) is 0.525. The number of benzene rings is 3. The number of anilines is 1. The number of hydrogen-bond donors (Lipinski definition) is 1. The van der Waals surface area contributed by atoms with E-state index in [-0.39, 0.29) is 21.8 Å². The summed E-state index contributed by atoms with van der Waals surface area (Å²) < 4.78 is 25.0. The summed E-state index contributed by atoms with van der Waals surface area (Å²) in [5.74, 6) is -2.08. The average Bonchev–Trinajstić information content (AvgIpc) is 3.10. The summed E-state index contributed by atoms with van der Waals surface area (Å²) in [4.78, 5) is 27.6. The van der Waals surface area contributed by atoms with Gasteiger partial charge in [0.25, 0.3) is 11.7 Å². The number of ether oxygens (including phenoxy) is 2. The lowest BCUT2D eigenvalue weighted by Crippen LogP contribution is -2.29. The summed E-state index contributed by atoms with van der Waals surface area (Å²) in [5, 5.41) is 11.5. The molecule has 0 radical (unpaired) electrons. The fourth-order valence-electron chi connectivity index (χ4n) is 4.00. The number of carbonyl (C=O) groups excluding carboxylic acids is 2. The number of rotatable bonds is 6. The molecule has 1 amide bonds. The van der Waals surface area contributed by atoms with Gasteiger partial charge in [-0.05, 0) is 49.4 Å². The van der Waals surface area contributed by atoms with Crippen molar-refractivity contribution in [3.63, 3.8) is 0 Å². The van der Waals surface area contributed by atoms with Gasteiger partial charge < -0.3 is 14.6 Å². The first-order valence-corrected chi connectivity index (χ1v) is 10.9. The molecule has 1 unspecified atom stereocenters. The van der Waals surface area contributed by atoms with Gasteiger partial charge in [0.1, 0.15) is 23.1 Å². The van der Waals surface area contributed by atoms with Crippen LogP contribution in [0.2, 0.25) is 5.02 Å². The highest BCUT2D eigenvalue weighted by molar-refractivity contribution is 6.52. The van der Waals surface area contributed by atoms with Gasteiger partial charge in [0.2, 0.25) is 0 Å². The second-order valence-corrected chi connectivity index (χ2v) is 7.87. The van der Waals surface area contributed by atoms with Crippen LogP contribution in [0.5, 0.6) is 11.5 Å². The van der Waals surface area contributed by atoms with Gasteiger partial charge in [-0.2, -0.15) is 0 Å². The summed E-state index contributed by atoms with van der Waals surface area (Å²) in [6.07, 6.45) is 0. The van der Waals surface area contributed by atoms with Gasteiger partial charge in [-0.25, -0.2) is 4.39 Å². The smallest absolute Gasteiger partial charge is 0.300 e. The van der Waals surface area contributed by atoms with Crippen molar-refractivity contribution < 1.29 is 28.6 Å². The van der Waals surface area contributed by atoms with Gasteiger partial charge in [0.05, 0.1) is 30.4 Å². The van der Waals surface area contributed by atoms with Gasteiger partial charge in [-0.15, -0.1) is 0 Å². The number of hydrogen-bond acceptors (Lipinski definition) is 5. The van der Waals surface area contributed by atoms with Crippen molar-refractivity contribution in [2.75, 3.05) is 18.6 Å². The molecule has 1 atom stereocenters. The van der Waals surface area contributed by atoms with Gasteiger partial charge in [0.15, 0.2) is 0 Å². The quantitative estimate of drug-likeness (QED) is 0.285. The molecule has 1 saturated heterocycles. The Bertz CT molecular complexity index is 1310. The van der Waals surface area contributed by atoms with E-state index in [2.05, 4.69) is 0 Å². The third-order valence-corrected chi connectivity index (χ3v) is 5.80. The van der Waals surface area contributed by atoms with E-state index in [0.29, 0.717) is 23.7 Å². The minimum absolute atomic E-state index is 0.129. The van der Waals surface area contributed by atoms with Gasteiger partial charge >= 0.3 is 0 Å². The van der Waals surface area contributed by atoms with Gasteiger partial charge in [0, 0.05) is 16.8 Å². The molecule has 8 heteroatoms. The fraction of sp³-hybridized carbons (Fsp3) is 0.154. The Kier molecular flexibility index (Phi) is 6.56. The highest BCUT2D eigenvalue weighted by atomic mass is 35.5. The molecule has 3 aromatic rings. The molecular formula is C26H21ClFNO5. The molecule has 1 aliphatic rings. The van der Waals surface area contributed by atoms with E-state index < -0.39 is 29.3 Å². The van der Waals surface area contributed by atoms with Gasteiger partial charge in [-0.1, -0.05) is 35.9 Å². The summed E-state index contributed by atoms with van der Waals surface area (Å²) in [7, 11) is 1.45. The molecular weight excluding hydrogens is 461 g/mol. The Morgan fingerprint density at radius 2 is 1.85 bits per heavy atom. The molecule has 0 bridgehead atoms. The number of nitrogens with zero attached hydrogens (tertiary/aromatic N) is 1. The standard InChI is InChI=1S/C26H21ClFNO5/c1-3-34-17-11-12-20(27)19(14-17)24(30)22-23(18-9-4-5-10-21(18)33-2)29(26(32)25(22)31)16-8-6-7-15(28)13-16/h4-14,23,30H,3H2,1-2H3/b24-22+. The van der Waals surface area contributed by atoms with Crippen LogP contribution in [0, 0.1) is 5.82 Å². The van der Waals surface area contributed by atoms with Gasteiger partial charge in [-0.3, -0.25) is 14.5 Å². The minimum Gasteiger partial charge on any atom is -0.507 e.